The summed E-state index contributed by atoms with van der Waals surface area (Å²) in [6.07, 6.45) is 0. The van der Waals surface area contributed by atoms with Crippen LogP contribution in [0.3, 0.4) is 0 Å². The van der Waals surface area contributed by atoms with Gasteiger partial charge in [-0.2, -0.15) is 0 Å². The first-order chi connectivity index (χ1) is 11.5. The van der Waals surface area contributed by atoms with Crippen LogP contribution in [-0.2, 0) is 9.59 Å². The van der Waals surface area contributed by atoms with E-state index in [9.17, 15) is 14.7 Å². The third-order valence-corrected chi connectivity index (χ3v) is 3.93. The Morgan fingerprint density at radius 3 is 2.33 bits per heavy atom. The summed E-state index contributed by atoms with van der Waals surface area (Å²) < 4.78 is 5.35. The molecule has 1 aliphatic heterocycles. The molecule has 5 nitrogen and oxygen atoms in total. The van der Waals surface area contributed by atoms with Crippen molar-refractivity contribution in [3.63, 3.8) is 0 Å². The summed E-state index contributed by atoms with van der Waals surface area (Å²) in [5.41, 5.74) is 0.619. The van der Waals surface area contributed by atoms with Crippen LogP contribution in [-0.4, -0.2) is 23.5 Å². The van der Waals surface area contributed by atoms with Crippen molar-refractivity contribution in [2.75, 3.05) is 11.5 Å². The van der Waals surface area contributed by atoms with Crippen LogP contribution in [0.25, 0.3) is 5.57 Å². The van der Waals surface area contributed by atoms with Crippen LogP contribution >= 0.6 is 11.6 Å². The van der Waals surface area contributed by atoms with Crippen LogP contribution in [0.2, 0.25) is 5.02 Å². The lowest BCUT2D eigenvalue weighted by Crippen LogP contribution is -2.31. The Morgan fingerprint density at radius 1 is 1.04 bits per heavy atom. The van der Waals surface area contributed by atoms with E-state index in [1.807, 2.05) is 6.92 Å². The number of carbonyl (C=O) groups excluding carboxylic acids is 2. The summed E-state index contributed by atoms with van der Waals surface area (Å²) >= 11 is 6.07. The van der Waals surface area contributed by atoms with Crippen molar-refractivity contribution in [1.29, 1.82) is 0 Å². The first kappa shape index (κ1) is 16.1. The fourth-order valence-electron chi connectivity index (χ4n) is 2.51. The molecule has 0 unspecified atom stereocenters. The number of ether oxygens (including phenoxy) is 1. The van der Waals surface area contributed by atoms with Gasteiger partial charge in [-0.25, -0.2) is 4.90 Å². The second kappa shape index (κ2) is 6.37. The highest BCUT2D eigenvalue weighted by Crippen LogP contribution is 2.35. The van der Waals surface area contributed by atoms with Gasteiger partial charge < -0.3 is 9.84 Å². The van der Waals surface area contributed by atoms with Crippen molar-refractivity contribution in [2.45, 2.75) is 6.92 Å². The van der Waals surface area contributed by atoms with Crippen molar-refractivity contribution in [1.82, 2.24) is 0 Å². The van der Waals surface area contributed by atoms with E-state index in [1.165, 1.54) is 0 Å². The number of amides is 2. The van der Waals surface area contributed by atoms with E-state index in [1.54, 1.807) is 48.5 Å². The number of nitrogens with zero attached hydrogens (tertiary/aromatic N) is 1. The number of para-hydroxylation sites is 1. The fraction of sp³-hybridized carbons (Fsp3) is 0.111. The number of hydrogen-bond acceptors (Lipinski definition) is 4. The number of aliphatic hydroxyl groups is 1. The summed E-state index contributed by atoms with van der Waals surface area (Å²) in [4.78, 5) is 25.9. The maximum atomic E-state index is 12.7. The minimum Gasteiger partial charge on any atom is -0.502 e. The summed E-state index contributed by atoms with van der Waals surface area (Å²) in [7, 11) is 0. The lowest BCUT2D eigenvalue weighted by Gasteiger charge is -2.15. The predicted octanol–water partition coefficient (Wildman–Crippen LogP) is 3.58. The van der Waals surface area contributed by atoms with Gasteiger partial charge in [0.25, 0.3) is 5.91 Å². The highest BCUT2D eigenvalue weighted by atomic mass is 35.5. The second-order valence-corrected chi connectivity index (χ2v) is 5.49. The van der Waals surface area contributed by atoms with Crippen LogP contribution < -0.4 is 9.64 Å². The Morgan fingerprint density at radius 2 is 1.71 bits per heavy atom. The zero-order valence-corrected chi connectivity index (χ0v) is 13.6. The van der Waals surface area contributed by atoms with Gasteiger partial charge >= 0.3 is 5.91 Å². The Labute approximate surface area is 143 Å². The van der Waals surface area contributed by atoms with E-state index < -0.39 is 17.6 Å². The van der Waals surface area contributed by atoms with Crippen molar-refractivity contribution >= 4 is 34.7 Å². The van der Waals surface area contributed by atoms with E-state index in [0.29, 0.717) is 17.9 Å². The average molecular weight is 344 g/mol. The molecule has 3 rings (SSSR count). The first-order valence-corrected chi connectivity index (χ1v) is 7.72. The molecular weight excluding hydrogens is 330 g/mol. The number of aliphatic hydroxyl groups excluding tert-OH is 1. The van der Waals surface area contributed by atoms with Crippen molar-refractivity contribution in [3.8, 4) is 5.75 Å². The van der Waals surface area contributed by atoms with Crippen LogP contribution in [0.15, 0.2) is 54.3 Å². The molecule has 1 heterocycles. The van der Waals surface area contributed by atoms with Gasteiger partial charge in [0.05, 0.1) is 22.9 Å². The number of imide groups is 1. The summed E-state index contributed by atoms with van der Waals surface area (Å²) in [5, 5.41) is 10.4. The van der Waals surface area contributed by atoms with Gasteiger partial charge in [0.1, 0.15) is 5.75 Å². The third-order valence-electron chi connectivity index (χ3n) is 3.61. The van der Waals surface area contributed by atoms with Gasteiger partial charge in [0.2, 0.25) is 0 Å². The summed E-state index contributed by atoms with van der Waals surface area (Å²) in [6.45, 7) is 2.38. The van der Waals surface area contributed by atoms with Gasteiger partial charge in [0.15, 0.2) is 5.76 Å². The molecule has 6 heteroatoms. The van der Waals surface area contributed by atoms with Crippen LogP contribution in [0.1, 0.15) is 12.5 Å². The topological polar surface area (TPSA) is 66.8 Å². The molecule has 0 radical (unpaired) electrons. The van der Waals surface area contributed by atoms with E-state index in [-0.39, 0.29) is 16.3 Å². The zero-order chi connectivity index (χ0) is 17.3. The molecule has 0 spiro atoms. The van der Waals surface area contributed by atoms with Crippen molar-refractivity contribution in [2.24, 2.45) is 0 Å². The van der Waals surface area contributed by atoms with E-state index in [2.05, 4.69) is 0 Å². The Kier molecular flexibility index (Phi) is 4.27. The average Bonchev–Trinajstić information content (AvgIpc) is 2.79. The lowest BCUT2D eigenvalue weighted by atomic mass is 10.1. The molecule has 0 bridgehead atoms. The van der Waals surface area contributed by atoms with Gasteiger partial charge in [0, 0.05) is 0 Å². The largest absolute Gasteiger partial charge is 0.502 e. The van der Waals surface area contributed by atoms with Crippen LogP contribution in [0.4, 0.5) is 5.69 Å². The molecule has 24 heavy (non-hydrogen) atoms. The number of benzene rings is 2. The van der Waals surface area contributed by atoms with E-state index in [4.69, 9.17) is 16.3 Å². The smallest absolute Gasteiger partial charge is 0.301 e. The number of hydrogen-bond donors (Lipinski definition) is 1. The van der Waals surface area contributed by atoms with Crippen LogP contribution in [0.5, 0.6) is 5.75 Å². The second-order valence-electron chi connectivity index (χ2n) is 5.08. The summed E-state index contributed by atoms with van der Waals surface area (Å²) in [5.74, 6) is -1.36. The molecule has 0 aliphatic carbocycles. The molecule has 1 N–H and O–H groups in total. The lowest BCUT2D eigenvalue weighted by molar-refractivity contribution is -0.121. The van der Waals surface area contributed by atoms with Crippen molar-refractivity contribution in [3.05, 3.63) is 64.9 Å². The molecule has 0 atom stereocenters. The quantitative estimate of drug-likeness (QED) is 0.862. The molecule has 122 valence electrons. The van der Waals surface area contributed by atoms with Gasteiger partial charge in [-0.05, 0) is 36.8 Å². The number of halogens is 1. The minimum absolute atomic E-state index is 0.0528. The number of anilines is 1. The monoisotopic (exact) mass is 343 g/mol. The first-order valence-electron chi connectivity index (χ1n) is 7.34. The molecule has 2 aromatic rings. The van der Waals surface area contributed by atoms with Crippen molar-refractivity contribution < 1.29 is 19.4 Å². The number of rotatable bonds is 4. The maximum Gasteiger partial charge on any atom is 0.301 e. The van der Waals surface area contributed by atoms with E-state index in [0.717, 1.165) is 4.90 Å². The molecule has 0 saturated carbocycles. The molecule has 2 aromatic carbocycles. The van der Waals surface area contributed by atoms with Gasteiger partial charge in [-0.15, -0.1) is 0 Å². The predicted molar refractivity (Wildman–Crippen MR) is 91.1 cm³/mol. The fourth-order valence-corrected chi connectivity index (χ4v) is 2.73. The van der Waals surface area contributed by atoms with E-state index >= 15 is 0 Å². The maximum absolute atomic E-state index is 12.7. The molecular formula is C18H14ClNO4. The molecule has 0 fully saturated rings. The van der Waals surface area contributed by atoms with Gasteiger partial charge in [-0.1, -0.05) is 35.9 Å². The SMILES string of the molecule is CCOc1ccc(C2=C(O)C(=O)N(c3ccccc3Cl)C2=O)cc1. The molecule has 1 aliphatic rings. The number of carbonyl (C=O) groups is 2. The molecule has 0 aromatic heterocycles. The summed E-state index contributed by atoms with van der Waals surface area (Å²) in [6, 6.07) is 13.1. The minimum atomic E-state index is -0.794. The highest BCUT2D eigenvalue weighted by molar-refractivity contribution is 6.46. The Balaban J connectivity index is 1.99. The Bertz CT molecular complexity index is 842. The van der Waals surface area contributed by atoms with Gasteiger partial charge in [-0.3, -0.25) is 9.59 Å². The molecule has 2 amide bonds. The van der Waals surface area contributed by atoms with Crippen LogP contribution in [0, 0.1) is 0 Å². The molecule has 0 saturated heterocycles. The highest BCUT2D eigenvalue weighted by Gasteiger charge is 2.40. The Hall–Kier alpha value is -2.79. The normalized spacial score (nSPS) is 14.5. The third kappa shape index (κ3) is 2.63. The zero-order valence-electron chi connectivity index (χ0n) is 12.8. The standard InChI is InChI=1S/C18H14ClNO4/c1-2-24-12-9-7-11(8-10-12)15-16(21)18(23)20(17(15)22)14-6-4-3-5-13(14)19/h3-10,21H,2H2,1H3.